The fraction of sp³-hybridized carbons (Fsp3) is 0.211. The van der Waals surface area contributed by atoms with Gasteiger partial charge in [-0.1, -0.05) is 17.7 Å². The second kappa shape index (κ2) is 7.77. The van der Waals surface area contributed by atoms with Gasteiger partial charge in [-0.25, -0.2) is 4.68 Å². The zero-order valence-electron chi connectivity index (χ0n) is 14.9. The van der Waals surface area contributed by atoms with Crippen LogP contribution in [0.2, 0.25) is 5.02 Å². The second-order valence-electron chi connectivity index (χ2n) is 6.40. The number of piperazine rings is 1. The predicted molar refractivity (Wildman–Crippen MR) is 102 cm³/mol. The molecule has 2 aromatic carbocycles. The van der Waals surface area contributed by atoms with Crippen LogP contribution in [0.25, 0.3) is 5.69 Å². The topological polar surface area (TPSA) is 84.2 Å². The number of carbonyl (C=O) groups is 2. The number of rotatable bonds is 3. The third kappa shape index (κ3) is 3.72. The number of hydrogen-bond donors (Lipinski definition) is 0. The SMILES string of the molecule is O=C(c1ccc(Cl)cc1)N1CCN(C(=O)c2cccc(-n3cnnn3)c2)CC1. The summed E-state index contributed by atoms with van der Waals surface area (Å²) in [6.07, 6.45) is 1.48. The zero-order valence-corrected chi connectivity index (χ0v) is 15.7. The smallest absolute Gasteiger partial charge is 0.254 e. The highest BCUT2D eigenvalue weighted by atomic mass is 35.5. The van der Waals surface area contributed by atoms with E-state index in [1.165, 1.54) is 11.0 Å². The minimum Gasteiger partial charge on any atom is -0.335 e. The molecule has 3 aromatic rings. The molecule has 28 heavy (non-hydrogen) atoms. The number of carbonyl (C=O) groups excluding carboxylic acids is 2. The first-order valence-electron chi connectivity index (χ1n) is 8.79. The summed E-state index contributed by atoms with van der Waals surface area (Å²) < 4.78 is 1.50. The first-order valence-corrected chi connectivity index (χ1v) is 9.17. The van der Waals surface area contributed by atoms with Crippen molar-refractivity contribution in [1.29, 1.82) is 0 Å². The molecule has 1 aliphatic rings. The fourth-order valence-corrected chi connectivity index (χ4v) is 3.26. The van der Waals surface area contributed by atoms with Crippen molar-refractivity contribution in [3.8, 4) is 5.69 Å². The number of aromatic nitrogens is 4. The van der Waals surface area contributed by atoms with Crippen molar-refractivity contribution in [2.24, 2.45) is 0 Å². The largest absolute Gasteiger partial charge is 0.335 e. The van der Waals surface area contributed by atoms with E-state index < -0.39 is 0 Å². The number of benzene rings is 2. The maximum atomic E-state index is 12.9. The van der Waals surface area contributed by atoms with Gasteiger partial charge in [0.15, 0.2) is 0 Å². The molecule has 2 amide bonds. The lowest BCUT2D eigenvalue weighted by Gasteiger charge is -2.35. The van der Waals surface area contributed by atoms with Gasteiger partial charge in [0.25, 0.3) is 11.8 Å². The summed E-state index contributed by atoms with van der Waals surface area (Å²) >= 11 is 5.88. The van der Waals surface area contributed by atoms with Crippen LogP contribution in [0.3, 0.4) is 0 Å². The van der Waals surface area contributed by atoms with Crippen molar-refractivity contribution >= 4 is 23.4 Å². The van der Waals surface area contributed by atoms with Gasteiger partial charge in [0.1, 0.15) is 6.33 Å². The van der Waals surface area contributed by atoms with Crippen molar-refractivity contribution in [3.63, 3.8) is 0 Å². The average molecular weight is 397 g/mol. The van der Waals surface area contributed by atoms with E-state index in [0.717, 1.165) is 0 Å². The Balaban J connectivity index is 1.41. The van der Waals surface area contributed by atoms with E-state index in [4.69, 9.17) is 11.6 Å². The molecule has 1 saturated heterocycles. The third-order valence-corrected chi connectivity index (χ3v) is 4.90. The van der Waals surface area contributed by atoms with Crippen molar-refractivity contribution in [2.75, 3.05) is 26.2 Å². The molecule has 0 radical (unpaired) electrons. The highest BCUT2D eigenvalue weighted by Crippen LogP contribution is 2.16. The Kier molecular flexibility index (Phi) is 5.03. The molecule has 0 aliphatic carbocycles. The Morgan fingerprint density at radius 3 is 2.11 bits per heavy atom. The second-order valence-corrected chi connectivity index (χ2v) is 6.83. The third-order valence-electron chi connectivity index (χ3n) is 4.65. The first kappa shape index (κ1) is 18.1. The van der Waals surface area contributed by atoms with Gasteiger partial charge >= 0.3 is 0 Å². The van der Waals surface area contributed by atoms with Crippen molar-refractivity contribution < 1.29 is 9.59 Å². The lowest BCUT2D eigenvalue weighted by molar-refractivity contribution is 0.0535. The van der Waals surface area contributed by atoms with E-state index in [0.29, 0.717) is 48.0 Å². The summed E-state index contributed by atoms with van der Waals surface area (Å²) in [6, 6.07) is 14.0. The molecule has 0 atom stereocenters. The van der Waals surface area contributed by atoms with Crippen LogP contribution < -0.4 is 0 Å². The van der Waals surface area contributed by atoms with Gasteiger partial charge in [-0.3, -0.25) is 9.59 Å². The molecule has 1 aliphatic heterocycles. The van der Waals surface area contributed by atoms with Crippen LogP contribution in [-0.2, 0) is 0 Å². The summed E-state index contributed by atoms with van der Waals surface area (Å²) in [7, 11) is 0. The number of tetrazole rings is 1. The van der Waals surface area contributed by atoms with Gasteiger partial charge in [0, 0.05) is 42.3 Å². The maximum Gasteiger partial charge on any atom is 0.254 e. The molecule has 0 spiro atoms. The van der Waals surface area contributed by atoms with E-state index in [1.807, 2.05) is 6.07 Å². The lowest BCUT2D eigenvalue weighted by atomic mass is 10.1. The first-order chi connectivity index (χ1) is 13.6. The van der Waals surface area contributed by atoms with Gasteiger partial charge in [-0.05, 0) is 52.9 Å². The monoisotopic (exact) mass is 396 g/mol. The van der Waals surface area contributed by atoms with Crippen molar-refractivity contribution in [2.45, 2.75) is 0 Å². The van der Waals surface area contributed by atoms with E-state index in [1.54, 1.807) is 52.3 Å². The van der Waals surface area contributed by atoms with Gasteiger partial charge in [0.05, 0.1) is 5.69 Å². The normalized spacial score (nSPS) is 14.2. The summed E-state index contributed by atoms with van der Waals surface area (Å²) in [6.45, 7) is 1.93. The van der Waals surface area contributed by atoms with Crippen LogP contribution in [0, 0.1) is 0 Å². The molecule has 1 aromatic heterocycles. The summed E-state index contributed by atoms with van der Waals surface area (Å²) in [5.41, 5.74) is 1.87. The number of hydrogen-bond acceptors (Lipinski definition) is 5. The molecular weight excluding hydrogens is 380 g/mol. The molecule has 0 saturated carbocycles. The summed E-state index contributed by atoms with van der Waals surface area (Å²) in [4.78, 5) is 29.0. The number of halogens is 1. The molecule has 8 nitrogen and oxygen atoms in total. The molecule has 9 heteroatoms. The molecule has 1 fully saturated rings. The Labute approximate surface area is 166 Å². The predicted octanol–water partition coefficient (Wildman–Crippen LogP) is 1.91. The molecule has 0 bridgehead atoms. The fourth-order valence-electron chi connectivity index (χ4n) is 3.13. The quantitative estimate of drug-likeness (QED) is 0.675. The molecule has 2 heterocycles. The molecule has 142 valence electrons. The molecule has 0 N–H and O–H groups in total. The standard InChI is InChI=1S/C19H17ClN6O2/c20-16-6-4-14(5-7-16)18(27)24-8-10-25(11-9-24)19(28)15-2-1-3-17(12-15)26-13-21-22-23-26/h1-7,12-13H,8-11H2. The van der Waals surface area contributed by atoms with Crippen molar-refractivity contribution in [3.05, 3.63) is 71.0 Å². The number of amides is 2. The maximum absolute atomic E-state index is 12.9. The highest BCUT2D eigenvalue weighted by molar-refractivity contribution is 6.30. The van der Waals surface area contributed by atoms with E-state index in [-0.39, 0.29) is 11.8 Å². The summed E-state index contributed by atoms with van der Waals surface area (Å²) in [5.74, 6) is -0.127. The van der Waals surface area contributed by atoms with Crippen LogP contribution in [0.4, 0.5) is 0 Å². The Morgan fingerprint density at radius 1 is 0.857 bits per heavy atom. The van der Waals surface area contributed by atoms with Crippen LogP contribution in [0.5, 0.6) is 0 Å². The lowest BCUT2D eigenvalue weighted by Crippen LogP contribution is -2.50. The zero-order chi connectivity index (χ0) is 19.5. The molecule has 0 unspecified atom stereocenters. The minimum absolute atomic E-state index is 0.0514. The van der Waals surface area contributed by atoms with Gasteiger partial charge in [0.2, 0.25) is 0 Å². The van der Waals surface area contributed by atoms with Crippen molar-refractivity contribution in [1.82, 2.24) is 30.0 Å². The molecular formula is C19H17ClN6O2. The van der Waals surface area contributed by atoms with Gasteiger partial charge < -0.3 is 9.80 Å². The van der Waals surface area contributed by atoms with Crippen LogP contribution >= 0.6 is 11.6 Å². The van der Waals surface area contributed by atoms with Crippen LogP contribution in [-0.4, -0.2) is 68.0 Å². The van der Waals surface area contributed by atoms with Crippen LogP contribution in [0.15, 0.2) is 54.9 Å². The highest BCUT2D eigenvalue weighted by Gasteiger charge is 2.25. The summed E-state index contributed by atoms with van der Waals surface area (Å²) in [5, 5.41) is 11.7. The van der Waals surface area contributed by atoms with Gasteiger partial charge in [-0.15, -0.1) is 5.10 Å². The Hall–Kier alpha value is -3.26. The van der Waals surface area contributed by atoms with E-state index in [9.17, 15) is 9.59 Å². The number of nitrogens with zero attached hydrogens (tertiary/aromatic N) is 6. The Bertz CT molecular complexity index is 982. The van der Waals surface area contributed by atoms with E-state index in [2.05, 4.69) is 15.5 Å². The average Bonchev–Trinajstić information content (AvgIpc) is 3.28. The molecule has 4 rings (SSSR count). The Morgan fingerprint density at radius 2 is 1.50 bits per heavy atom. The minimum atomic E-state index is -0.0754. The van der Waals surface area contributed by atoms with Crippen LogP contribution in [0.1, 0.15) is 20.7 Å². The van der Waals surface area contributed by atoms with E-state index >= 15 is 0 Å². The van der Waals surface area contributed by atoms with Gasteiger partial charge in [-0.2, -0.15) is 0 Å².